The van der Waals surface area contributed by atoms with Crippen molar-refractivity contribution in [2.75, 3.05) is 17.4 Å². The zero-order valence-corrected chi connectivity index (χ0v) is 19.1. The molecule has 2 saturated carbocycles. The van der Waals surface area contributed by atoms with E-state index in [1.54, 1.807) is 0 Å². The zero-order chi connectivity index (χ0) is 22.9. The average Bonchev–Trinajstić information content (AvgIpc) is 3.57. The number of carbonyl (C=O) groups excluding carboxylic acids is 1. The van der Waals surface area contributed by atoms with Gasteiger partial charge in [0.1, 0.15) is 11.9 Å². The number of nitrogens with zero attached hydrogens (tertiary/aromatic N) is 1. The topological polar surface area (TPSA) is 87.6 Å². The second-order valence-electron chi connectivity index (χ2n) is 9.04. The number of nitrogens with one attached hydrogen (secondary N) is 2. The average molecular weight is 449 g/mol. The largest absolute Gasteiger partial charge is 0.761 e. The number of rotatable bonds is 8. The van der Waals surface area contributed by atoms with Crippen LogP contribution >= 0.6 is 0 Å². The number of aromatic nitrogens is 1. The van der Waals surface area contributed by atoms with Gasteiger partial charge in [0.25, 0.3) is 0 Å². The van der Waals surface area contributed by atoms with Crippen LogP contribution in [0.4, 0.5) is 16.2 Å². The Morgan fingerprint density at radius 3 is 2.52 bits per heavy atom. The minimum Gasteiger partial charge on any atom is -0.761 e. The van der Waals surface area contributed by atoms with Crippen molar-refractivity contribution in [1.82, 2.24) is 4.57 Å². The molecule has 2 aliphatic carbocycles. The van der Waals surface area contributed by atoms with E-state index in [2.05, 4.69) is 15.4 Å². The molecule has 0 radical (unpaired) electrons. The van der Waals surface area contributed by atoms with Gasteiger partial charge in [-0.1, -0.05) is 12.1 Å². The first kappa shape index (κ1) is 21.6. The van der Waals surface area contributed by atoms with E-state index < -0.39 is 6.09 Å². The third-order valence-electron chi connectivity index (χ3n) is 6.81. The maximum absolute atomic E-state index is 12.2. The van der Waals surface area contributed by atoms with Crippen LogP contribution in [0, 0.1) is 11.1 Å². The monoisotopic (exact) mass is 448 g/mol. The molecule has 3 aromatic rings. The lowest BCUT2D eigenvalue weighted by atomic mass is 9.92. The summed E-state index contributed by atoms with van der Waals surface area (Å²) in [6.45, 7) is 4.49. The standard InChI is InChI=1S/C26H30N3O4/c1-3-32-21-13-14-22-23(15-21)29(20-5-4-6-20)25(24(22)28-31)18-9-11-19(12-10-18)27-26(30)33-16(2)17-7-8-17/h9-17,20,28H,3-8H2,1-2H3,(H,27,30)/q-1. The highest BCUT2D eigenvalue weighted by atomic mass is 16.6. The molecule has 0 saturated heterocycles. The first-order valence-corrected chi connectivity index (χ1v) is 11.9. The quantitative estimate of drug-likeness (QED) is 0.375. The summed E-state index contributed by atoms with van der Waals surface area (Å²) in [5, 5.41) is 15.8. The normalized spacial score (nSPS) is 16.8. The summed E-state index contributed by atoms with van der Waals surface area (Å²) in [4.78, 5) is 12.2. The number of fused-ring (bicyclic) bond motifs is 1. The van der Waals surface area contributed by atoms with Gasteiger partial charge in [-0.15, -0.1) is 0 Å². The van der Waals surface area contributed by atoms with Crippen molar-refractivity contribution in [1.29, 1.82) is 0 Å². The number of ether oxygens (including phenoxy) is 2. The molecule has 2 aliphatic rings. The molecule has 5 rings (SSSR count). The smallest absolute Gasteiger partial charge is 0.411 e. The zero-order valence-electron chi connectivity index (χ0n) is 19.1. The van der Waals surface area contributed by atoms with Gasteiger partial charge in [-0.2, -0.15) is 0 Å². The van der Waals surface area contributed by atoms with Crippen LogP contribution in [-0.2, 0) is 4.74 Å². The number of hydrogen-bond acceptors (Lipinski definition) is 5. The van der Waals surface area contributed by atoms with Crippen molar-refractivity contribution >= 4 is 28.4 Å². The van der Waals surface area contributed by atoms with E-state index >= 15 is 0 Å². The van der Waals surface area contributed by atoms with E-state index in [9.17, 15) is 10.0 Å². The van der Waals surface area contributed by atoms with Gasteiger partial charge >= 0.3 is 6.09 Å². The highest BCUT2D eigenvalue weighted by Crippen LogP contribution is 2.46. The molecule has 2 aromatic carbocycles. The van der Waals surface area contributed by atoms with E-state index in [1.807, 2.05) is 56.3 Å². The van der Waals surface area contributed by atoms with Gasteiger partial charge in [-0.25, -0.2) is 4.79 Å². The Hall–Kier alpha value is -3.19. The highest BCUT2D eigenvalue weighted by molar-refractivity contribution is 6.03. The fourth-order valence-corrected chi connectivity index (χ4v) is 4.65. The minimum absolute atomic E-state index is 0.0604. The lowest BCUT2D eigenvalue weighted by molar-refractivity contribution is 0.108. The first-order chi connectivity index (χ1) is 16.1. The minimum atomic E-state index is -0.434. The summed E-state index contributed by atoms with van der Waals surface area (Å²) in [5.74, 6) is 1.29. The Morgan fingerprint density at radius 1 is 1.15 bits per heavy atom. The molecule has 7 nitrogen and oxygen atoms in total. The molecule has 0 bridgehead atoms. The maximum atomic E-state index is 12.2. The molecule has 1 heterocycles. The Bertz CT molecular complexity index is 1150. The van der Waals surface area contributed by atoms with Crippen LogP contribution in [0.2, 0.25) is 0 Å². The van der Waals surface area contributed by atoms with E-state index in [4.69, 9.17) is 9.47 Å². The number of hydrogen-bond donors (Lipinski definition) is 2. The molecule has 1 amide bonds. The maximum Gasteiger partial charge on any atom is 0.411 e. The van der Waals surface area contributed by atoms with Gasteiger partial charge in [0.2, 0.25) is 0 Å². The van der Waals surface area contributed by atoms with Crippen molar-refractivity contribution in [3.63, 3.8) is 0 Å². The summed E-state index contributed by atoms with van der Waals surface area (Å²) >= 11 is 0. The molecule has 2 fully saturated rings. The van der Waals surface area contributed by atoms with E-state index in [1.165, 1.54) is 6.42 Å². The summed E-state index contributed by atoms with van der Waals surface area (Å²) in [5.41, 5.74) is 6.21. The predicted molar refractivity (Wildman–Crippen MR) is 131 cm³/mol. The van der Waals surface area contributed by atoms with Gasteiger partial charge in [-0.3, -0.25) is 5.32 Å². The summed E-state index contributed by atoms with van der Waals surface area (Å²) in [6.07, 6.45) is 5.10. The van der Waals surface area contributed by atoms with Crippen LogP contribution in [0.1, 0.15) is 52.0 Å². The van der Waals surface area contributed by atoms with Gasteiger partial charge in [0.15, 0.2) is 0 Å². The lowest BCUT2D eigenvalue weighted by Crippen LogP contribution is -2.21. The van der Waals surface area contributed by atoms with Gasteiger partial charge in [-0.05, 0) is 76.1 Å². The number of anilines is 2. The Morgan fingerprint density at radius 2 is 1.91 bits per heavy atom. The molecule has 1 unspecified atom stereocenters. The molecule has 33 heavy (non-hydrogen) atoms. The van der Waals surface area contributed by atoms with Crippen molar-refractivity contribution in [3.8, 4) is 17.0 Å². The molecule has 0 aliphatic heterocycles. The molecule has 0 spiro atoms. The van der Waals surface area contributed by atoms with Crippen LogP contribution in [-0.4, -0.2) is 23.4 Å². The van der Waals surface area contributed by atoms with Crippen molar-refractivity contribution in [2.45, 2.75) is 58.1 Å². The summed E-state index contributed by atoms with van der Waals surface area (Å²) in [7, 11) is 0. The molecular formula is C26H30N3O4-. The van der Waals surface area contributed by atoms with Crippen LogP contribution in [0.15, 0.2) is 42.5 Å². The van der Waals surface area contributed by atoms with Gasteiger partial charge < -0.3 is 24.7 Å². The van der Waals surface area contributed by atoms with Crippen molar-refractivity contribution < 1.29 is 14.3 Å². The molecule has 2 N–H and O–H groups in total. The SMILES string of the molecule is CCOc1ccc2c(N[O-])c(-c3ccc(NC(=O)OC(C)C4CC4)cc3)n(C3CCC3)c2c1. The number of carbonyl (C=O) groups is 1. The fourth-order valence-electron chi connectivity index (χ4n) is 4.65. The van der Waals surface area contributed by atoms with Gasteiger partial charge in [0.05, 0.1) is 23.5 Å². The fraction of sp³-hybridized carbons (Fsp3) is 0.423. The number of benzene rings is 2. The molecule has 7 heteroatoms. The van der Waals surface area contributed by atoms with Crippen molar-refractivity contribution in [2.24, 2.45) is 5.92 Å². The molecule has 1 atom stereocenters. The van der Waals surface area contributed by atoms with Crippen LogP contribution < -0.4 is 15.5 Å². The van der Waals surface area contributed by atoms with E-state index in [0.29, 0.717) is 29.9 Å². The second kappa shape index (κ2) is 8.98. The molecular weight excluding hydrogens is 418 g/mol. The molecule has 1 aromatic heterocycles. The third kappa shape index (κ3) is 4.25. The summed E-state index contributed by atoms with van der Waals surface area (Å²) < 4.78 is 13.5. The van der Waals surface area contributed by atoms with Gasteiger partial charge in [0, 0.05) is 28.7 Å². The van der Waals surface area contributed by atoms with Crippen LogP contribution in [0.5, 0.6) is 5.75 Å². The van der Waals surface area contributed by atoms with Crippen molar-refractivity contribution in [3.05, 3.63) is 47.7 Å². The second-order valence-corrected chi connectivity index (χ2v) is 9.04. The third-order valence-corrected chi connectivity index (χ3v) is 6.81. The number of amides is 1. The Balaban J connectivity index is 1.47. The Labute approximate surface area is 193 Å². The van der Waals surface area contributed by atoms with E-state index in [-0.39, 0.29) is 6.10 Å². The van der Waals surface area contributed by atoms with E-state index in [0.717, 1.165) is 53.6 Å². The van der Waals surface area contributed by atoms with Crippen LogP contribution in [0.3, 0.4) is 0 Å². The Kier molecular flexibility index (Phi) is 5.89. The first-order valence-electron chi connectivity index (χ1n) is 11.9. The highest BCUT2D eigenvalue weighted by Gasteiger charge is 2.31. The predicted octanol–water partition coefficient (Wildman–Crippen LogP) is 6.69. The lowest BCUT2D eigenvalue weighted by Gasteiger charge is -2.30. The van der Waals surface area contributed by atoms with Crippen LogP contribution in [0.25, 0.3) is 22.2 Å². The summed E-state index contributed by atoms with van der Waals surface area (Å²) in [6, 6.07) is 13.8. The molecule has 174 valence electrons.